The minimum atomic E-state index is -0.476. The zero-order valence-electron chi connectivity index (χ0n) is 12.3. The lowest BCUT2D eigenvalue weighted by Crippen LogP contribution is -2.13. The molecular weight excluding hydrogens is 331 g/mol. The largest absolute Gasteiger partial charge is 0.339 e. The van der Waals surface area contributed by atoms with Crippen LogP contribution in [0.5, 0.6) is 0 Å². The van der Waals surface area contributed by atoms with E-state index in [4.69, 9.17) is 11.6 Å². The summed E-state index contributed by atoms with van der Waals surface area (Å²) >= 11 is 5.82. The Balaban J connectivity index is 1.66. The van der Waals surface area contributed by atoms with E-state index in [0.717, 1.165) is 11.8 Å². The van der Waals surface area contributed by atoms with Gasteiger partial charge in [0.1, 0.15) is 5.82 Å². The molecule has 2 N–H and O–H groups in total. The second-order valence-electron chi connectivity index (χ2n) is 4.90. The van der Waals surface area contributed by atoms with Crippen LogP contribution in [0.15, 0.2) is 60.7 Å². The summed E-state index contributed by atoms with van der Waals surface area (Å²) in [6.07, 6.45) is 0. The molecule has 5 nitrogen and oxygen atoms in total. The maximum Gasteiger partial charge on any atom is 0.256 e. The Morgan fingerprint density at radius 1 is 0.958 bits per heavy atom. The topological polar surface area (TPSA) is 66.9 Å². The standard InChI is InChI=1S/C17H12ClFN4O/c18-12-4-6-14(7-5-12)20-15-8-9-16(23-22-15)21-17(24)11-2-1-3-13(19)10-11/h1-10H,(H,20,22)(H,21,23,24). The molecule has 1 aromatic heterocycles. The third kappa shape index (κ3) is 4.05. The van der Waals surface area contributed by atoms with Gasteiger partial charge in [-0.1, -0.05) is 17.7 Å². The number of nitrogens with one attached hydrogen (secondary N) is 2. The van der Waals surface area contributed by atoms with Crippen LogP contribution in [-0.2, 0) is 0 Å². The molecule has 0 aliphatic carbocycles. The van der Waals surface area contributed by atoms with Crippen molar-refractivity contribution in [3.05, 3.63) is 77.1 Å². The molecule has 0 atom stereocenters. The fraction of sp³-hybridized carbons (Fsp3) is 0. The fourth-order valence-electron chi connectivity index (χ4n) is 1.96. The van der Waals surface area contributed by atoms with E-state index in [9.17, 15) is 9.18 Å². The van der Waals surface area contributed by atoms with Gasteiger partial charge in [-0.05, 0) is 54.6 Å². The zero-order valence-corrected chi connectivity index (χ0v) is 13.1. The molecule has 3 rings (SSSR count). The average molecular weight is 343 g/mol. The summed E-state index contributed by atoms with van der Waals surface area (Å²) in [4.78, 5) is 12.0. The predicted octanol–water partition coefficient (Wildman–Crippen LogP) is 4.27. The molecule has 120 valence electrons. The van der Waals surface area contributed by atoms with Crippen LogP contribution in [-0.4, -0.2) is 16.1 Å². The van der Waals surface area contributed by atoms with Crippen molar-refractivity contribution in [3.63, 3.8) is 0 Å². The quantitative estimate of drug-likeness (QED) is 0.743. The average Bonchev–Trinajstić information content (AvgIpc) is 2.59. The summed E-state index contributed by atoms with van der Waals surface area (Å²) in [5, 5.41) is 14.2. The molecule has 0 spiro atoms. The Morgan fingerprint density at radius 2 is 1.67 bits per heavy atom. The zero-order chi connectivity index (χ0) is 16.9. The molecule has 1 heterocycles. The highest BCUT2D eigenvalue weighted by Gasteiger charge is 2.08. The van der Waals surface area contributed by atoms with Gasteiger partial charge >= 0.3 is 0 Å². The molecule has 0 saturated heterocycles. The van der Waals surface area contributed by atoms with Crippen molar-refractivity contribution < 1.29 is 9.18 Å². The van der Waals surface area contributed by atoms with Gasteiger partial charge in [0.15, 0.2) is 11.6 Å². The van der Waals surface area contributed by atoms with Crippen LogP contribution < -0.4 is 10.6 Å². The fourth-order valence-corrected chi connectivity index (χ4v) is 2.09. The van der Waals surface area contributed by atoms with E-state index < -0.39 is 11.7 Å². The lowest BCUT2D eigenvalue weighted by molar-refractivity contribution is 0.102. The Hall–Kier alpha value is -2.99. The molecule has 0 aliphatic heterocycles. The molecule has 1 amide bonds. The molecule has 7 heteroatoms. The van der Waals surface area contributed by atoms with Crippen LogP contribution >= 0.6 is 11.6 Å². The number of anilines is 3. The number of carbonyl (C=O) groups excluding carboxylic acids is 1. The first-order valence-corrected chi connectivity index (χ1v) is 7.41. The first kappa shape index (κ1) is 15.9. The number of rotatable bonds is 4. The monoisotopic (exact) mass is 342 g/mol. The Morgan fingerprint density at radius 3 is 2.33 bits per heavy atom. The van der Waals surface area contributed by atoms with E-state index >= 15 is 0 Å². The predicted molar refractivity (Wildman–Crippen MR) is 91.1 cm³/mol. The smallest absolute Gasteiger partial charge is 0.256 e. The summed E-state index contributed by atoms with van der Waals surface area (Å²) in [7, 11) is 0. The summed E-state index contributed by atoms with van der Waals surface area (Å²) in [6, 6.07) is 15.8. The van der Waals surface area contributed by atoms with E-state index in [0.29, 0.717) is 10.8 Å². The Kier molecular flexibility index (Phi) is 4.67. The van der Waals surface area contributed by atoms with E-state index in [1.54, 1.807) is 24.3 Å². The van der Waals surface area contributed by atoms with Gasteiger partial charge in [0.05, 0.1) is 0 Å². The summed E-state index contributed by atoms with van der Waals surface area (Å²) in [5.74, 6) is -0.148. The van der Waals surface area contributed by atoms with Gasteiger partial charge in [-0.25, -0.2) is 4.39 Å². The van der Waals surface area contributed by atoms with Crippen LogP contribution in [0.2, 0.25) is 5.02 Å². The van der Waals surface area contributed by atoms with E-state index in [1.165, 1.54) is 18.2 Å². The van der Waals surface area contributed by atoms with Crippen LogP contribution in [0, 0.1) is 5.82 Å². The maximum absolute atomic E-state index is 13.1. The van der Waals surface area contributed by atoms with Crippen LogP contribution in [0.25, 0.3) is 0 Å². The first-order chi connectivity index (χ1) is 11.6. The van der Waals surface area contributed by atoms with Gasteiger partial charge < -0.3 is 10.6 Å². The van der Waals surface area contributed by atoms with Crippen molar-refractivity contribution in [2.24, 2.45) is 0 Å². The van der Waals surface area contributed by atoms with Crippen molar-refractivity contribution in [3.8, 4) is 0 Å². The van der Waals surface area contributed by atoms with Gasteiger partial charge in [-0.2, -0.15) is 0 Å². The number of hydrogen-bond donors (Lipinski definition) is 2. The number of benzene rings is 2. The number of carbonyl (C=O) groups is 1. The molecule has 24 heavy (non-hydrogen) atoms. The van der Waals surface area contributed by atoms with Gasteiger partial charge in [0.2, 0.25) is 0 Å². The van der Waals surface area contributed by atoms with Crippen molar-refractivity contribution in [1.82, 2.24) is 10.2 Å². The molecule has 0 saturated carbocycles. The molecular formula is C17H12ClFN4O. The van der Waals surface area contributed by atoms with Gasteiger partial charge in [-0.3, -0.25) is 4.79 Å². The van der Waals surface area contributed by atoms with Crippen molar-refractivity contribution in [2.75, 3.05) is 10.6 Å². The SMILES string of the molecule is O=C(Nc1ccc(Nc2ccc(Cl)cc2)nn1)c1cccc(F)c1. The highest BCUT2D eigenvalue weighted by molar-refractivity contribution is 6.30. The third-order valence-corrected chi connectivity index (χ3v) is 3.36. The lowest BCUT2D eigenvalue weighted by Gasteiger charge is -2.07. The van der Waals surface area contributed by atoms with Crippen LogP contribution in [0.3, 0.4) is 0 Å². The summed E-state index contributed by atoms with van der Waals surface area (Å²) in [6.45, 7) is 0. The summed E-state index contributed by atoms with van der Waals surface area (Å²) in [5.41, 5.74) is 1.02. The lowest BCUT2D eigenvalue weighted by atomic mass is 10.2. The highest BCUT2D eigenvalue weighted by Crippen LogP contribution is 2.18. The number of hydrogen-bond acceptors (Lipinski definition) is 4. The highest BCUT2D eigenvalue weighted by atomic mass is 35.5. The van der Waals surface area contributed by atoms with Crippen molar-refractivity contribution in [1.29, 1.82) is 0 Å². The Bertz CT molecular complexity index is 853. The molecule has 3 aromatic rings. The second-order valence-corrected chi connectivity index (χ2v) is 5.34. The maximum atomic E-state index is 13.1. The van der Waals surface area contributed by atoms with E-state index in [2.05, 4.69) is 20.8 Å². The second kappa shape index (κ2) is 7.06. The van der Waals surface area contributed by atoms with E-state index in [-0.39, 0.29) is 11.4 Å². The van der Waals surface area contributed by atoms with Crippen molar-refractivity contribution in [2.45, 2.75) is 0 Å². The number of amides is 1. The normalized spacial score (nSPS) is 10.2. The van der Waals surface area contributed by atoms with Gasteiger partial charge in [0.25, 0.3) is 5.91 Å². The third-order valence-electron chi connectivity index (χ3n) is 3.11. The van der Waals surface area contributed by atoms with Crippen molar-refractivity contribution >= 4 is 34.8 Å². The molecule has 0 fully saturated rings. The minimum Gasteiger partial charge on any atom is -0.339 e. The molecule has 0 radical (unpaired) electrons. The molecule has 0 aliphatic rings. The number of halogens is 2. The number of nitrogens with zero attached hydrogens (tertiary/aromatic N) is 2. The molecule has 0 bridgehead atoms. The molecule has 0 unspecified atom stereocenters. The van der Waals surface area contributed by atoms with E-state index in [1.807, 2.05) is 12.1 Å². The Labute approximate surface area is 142 Å². The van der Waals surface area contributed by atoms with Crippen LogP contribution in [0.1, 0.15) is 10.4 Å². The van der Waals surface area contributed by atoms with Gasteiger partial charge in [0, 0.05) is 16.3 Å². The minimum absolute atomic E-state index is 0.208. The molecule has 2 aromatic carbocycles. The first-order valence-electron chi connectivity index (χ1n) is 7.03. The number of aromatic nitrogens is 2. The van der Waals surface area contributed by atoms with Crippen LogP contribution in [0.4, 0.5) is 21.7 Å². The van der Waals surface area contributed by atoms with Gasteiger partial charge in [-0.15, -0.1) is 10.2 Å². The summed E-state index contributed by atoms with van der Waals surface area (Å²) < 4.78 is 13.1.